The highest BCUT2D eigenvalue weighted by molar-refractivity contribution is 5.93. The van der Waals surface area contributed by atoms with Crippen LogP contribution in [0.25, 0.3) is 17.0 Å². The number of benzene rings is 2. The minimum atomic E-state index is -0.461. The van der Waals surface area contributed by atoms with Gasteiger partial charge in [-0.05, 0) is 18.6 Å². The van der Waals surface area contributed by atoms with Gasteiger partial charge in [-0.2, -0.15) is 0 Å². The second kappa shape index (κ2) is 6.79. The van der Waals surface area contributed by atoms with Gasteiger partial charge >= 0.3 is 0 Å². The minimum absolute atomic E-state index is 0.0154. The first-order valence-electron chi connectivity index (χ1n) is 8.02. The molecule has 7 nitrogen and oxygen atoms in total. The molecule has 3 aromatic rings. The lowest BCUT2D eigenvalue weighted by atomic mass is 10.1. The van der Waals surface area contributed by atoms with E-state index < -0.39 is 9.85 Å². The van der Waals surface area contributed by atoms with Crippen LogP contribution in [0.2, 0.25) is 0 Å². The van der Waals surface area contributed by atoms with Crippen molar-refractivity contribution in [3.8, 4) is 0 Å². The summed E-state index contributed by atoms with van der Waals surface area (Å²) in [4.78, 5) is 21.3. The maximum absolute atomic E-state index is 11.1. The summed E-state index contributed by atoms with van der Waals surface area (Å²) >= 11 is 0. The Morgan fingerprint density at radius 2 is 1.81 bits per heavy atom. The van der Waals surface area contributed by atoms with Crippen LogP contribution in [-0.4, -0.2) is 14.4 Å². The van der Waals surface area contributed by atoms with Gasteiger partial charge in [0.15, 0.2) is 0 Å². The van der Waals surface area contributed by atoms with Crippen LogP contribution in [0, 0.1) is 27.2 Å². The zero-order chi connectivity index (χ0) is 18.8. The average Bonchev–Trinajstić information content (AvgIpc) is 2.87. The molecule has 0 unspecified atom stereocenters. The first-order valence-corrected chi connectivity index (χ1v) is 8.02. The van der Waals surface area contributed by atoms with Gasteiger partial charge in [-0.25, -0.2) is 0 Å². The zero-order valence-corrected chi connectivity index (χ0v) is 14.4. The molecule has 2 aromatic carbocycles. The topological polar surface area (TPSA) is 91.2 Å². The third-order valence-electron chi connectivity index (χ3n) is 4.39. The van der Waals surface area contributed by atoms with Gasteiger partial charge in [0, 0.05) is 53.8 Å². The van der Waals surface area contributed by atoms with E-state index in [9.17, 15) is 20.2 Å². The van der Waals surface area contributed by atoms with Crippen molar-refractivity contribution in [1.82, 2.24) is 4.57 Å². The molecule has 0 aliphatic carbocycles. The number of non-ortho nitro benzene ring substituents is 1. The molecular weight excluding hydrogens is 334 g/mol. The minimum Gasteiger partial charge on any atom is -0.340 e. The lowest BCUT2D eigenvalue weighted by molar-refractivity contribution is -0.422. The van der Waals surface area contributed by atoms with Crippen molar-refractivity contribution in [1.29, 1.82) is 0 Å². The Bertz CT molecular complexity index is 1040. The number of hydrogen-bond acceptors (Lipinski definition) is 4. The van der Waals surface area contributed by atoms with E-state index >= 15 is 0 Å². The molecule has 132 valence electrons. The fourth-order valence-corrected chi connectivity index (χ4v) is 3.02. The van der Waals surface area contributed by atoms with E-state index in [0.717, 1.165) is 16.8 Å². The molecule has 0 bridgehead atoms. The van der Waals surface area contributed by atoms with E-state index in [1.807, 2.05) is 41.8 Å². The summed E-state index contributed by atoms with van der Waals surface area (Å²) in [7, 11) is 0. The summed E-state index contributed by atoms with van der Waals surface area (Å²) in [6.45, 7) is 3.86. The van der Waals surface area contributed by atoms with Crippen molar-refractivity contribution in [2.45, 2.75) is 20.4 Å². The summed E-state index contributed by atoms with van der Waals surface area (Å²) in [5, 5.41) is 22.8. The first-order chi connectivity index (χ1) is 12.4. The molecule has 26 heavy (non-hydrogen) atoms. The van der Waals surface area contributed by atoms with Gasteiger partial charge in [-0.15, -0.1) is 0 Å². The lowest BCUT2D eigenvalue weighted by Crippen LogP contribution is -2.02. The van der Waals surface area contributed by atoms with Crippen LogP contribution in [0.1, 0.15) is 23.7 Å². The Kier molecular flexibility index (Phi) is 4.53. The molecule has 0 spiro atoms. The van der Waals surface area contributed by atoms with Crippen LogP contribution in [-0.2, 0) is 6.54 Å². The summed E-state index contributed by atoms with van der Waals surface area (Å²) in [5.74, 6) is 0. The third kappa shape index (κ3) is 3.19. The number of rotatable bonds is 5. The van der Waals surface area contributed by atoms with Crippen molar-refractivity contribution >= 4 is 22.7 Å². The van der Waals surface area contributed by atoms with Crippen molar-refractivity contribution in [3.63, 3.8) is 0 Å². The van der Waals surface area contributed by atoms with Gasteiger partial charge in [0.1, 0.15) is 0 Å². The Morgan fingerprint density at radius 3 is 2.42 bits per heavy atom. The molecule has 0 aliphatic rings. The smallest absolute Gasteiger partial charge is 0.270 e. The van der Waals surface area contributed by atoms with Gasteiger partial charge in [-0.3, -0.25) is 20.2 Å². The van der Waals surface area contributed by atoms with E-state index in [1.165, 1.54) is 25.1 Å². The standard InChI is InChI=1S/C19H17N3O4/c1-13(21(23)24)10-17-14(2)20(12-15-6-4-3-5-7-15)19-9-8-16(22(25)26)11-18(17)19/h3-11H,12H2,1-2H3. The second-order valence-electron chi connectivity index (χ2n) is 6.07. The molecule has 0 amide bonds. The molecule has 0 fully saturated rings. The molecule has 0 saturated heterocycles. The Hall–Kier alpha value is -3.48. The highest BCUT2D eigenvalue weighted by Crippen LogP contribution is 2.31. The molecule has 0 N–H and O–H groups in total. The molecule has 0 aliphatic heterocycles. The van der Waals surface area contributed by atoms with Gasteiger partial charge < -0.3 is 4.57 Å². The predicted molar refractivity (Wildman–Crippen MR) is 99.5 cm³/mol. The van der Waals surface area contributed by atoms with Gasteiger partial charge in [0.25, 0.3) is 5.69 Å². The van der Waals surface area contributed by atoms with Gasteiger partial charge in [0.2, 0.25) is 5.70 Å². The molecular formula is C19H17N3O4. The van der Waals surface area contributed by atoms with Gasteiger partial charge in [-0.1, -0.05) is 30.3 Å². The number of aromatic nitrogens is 1. The molecule has 1 heterocycles. The first kappa shape index (κ1) is 17.3. The quantitative estimate of drug-likeness (QED) is 0.498. The van der Waals surface area contributed by atoms with Gasteiger partial charge in [0.05, 0.1) is 9.85 Å². The molecule has 1 aromatic heterocycles. The second-order valence-corrected chi connectivity index (χ2v) is 6.07. The van der Waals surface area contributed by atoms with Crippen molar-refractivity contribution in [3.05, 3.63) is 91.3 Å². The monoisotopic (exact) mass is 351 g/mol. The summed E-state index contributed by atoms with van der Waals surface area (Å²) in [6, 6.07) is 14.4. The highest BCUT2D eigenvalue weighted by Gasteiger charge is 2.18. The van der Waals surface area contributed by atoms with Crippen LogP contribution in [0.5, 0.6) is 0 Å². The van der Waals surface area contributed by atoms with E-state index in [1.54, 1.807) is 6.07 Å². The fraction of sp³-hybridized carbons (Fsp3) is 0.158. The normalized spacial score (nSPS) is 11.7. The van der Waals surface area contributed by atoms with E-state index in [0.29, 0.717) is 17.5 Å². The molecule has 0 atom stereocenters. The summed E-state index contributed by atoms with van der Waals surface area (Å²) in [6.07, 6.45) is 1.48. The van der Waals surface area contributed by atoms with Crippen LogP contribution in [0.4, 0.5) is 5.69 Å². The average molecular weight is 351 g/mol. The maximum atomic E-state index is 11.1. The Balaban J connectivity index is 2.25. The van der Waals surface area contributed by atoms with Crippen LogP contribution >= 0.6 is 0 Å². The summed E-state index contributed by atoms with van der Waals surface area (Å²) in [5.41, 5.74) is 3.28. The highest BCUT2D eigenvalue weighted by atomic mass is 16.6. The number of allylic oxidation sites excluding steroid dienone is 1. The number of nitrogens with zero attached hydrogens (tertiary/aromatic N) is 3. The lowest BCUT2D eigenvalue weighted by Gasteiger charge is -2.08. The molecule has 0 radical (unpaired) electrons. The van der Waals surface area contributed by atoms with Crippen LogP contribution < -0.4 is 0 Å². The van der Waals surface area contributed by atoms with Crippen LogP contribution in [0.15, 0.2) is 54.2 Å². The number of fused-ring (bicyclic) bond motifs is 1. The number of hydrogen-bond donors (Lipinski definition) is 0. The van der Waals surface area contributed by atoms with Crippen molar-refractivity contribution < 1.29 is 9.85 Å². The van der Waals surface area contributed by atoms with Crippen molar-refractivity contribution in [2.24, 2.45) is 0 Å². The SMILES string of the molecule is CC(=Cc1c(C)n(Cc2ccccc2)c2ccc([N+](=O)[O-])cc12)[N+](=O)[O-]. The maximum Gasteiger partial charge on any atom is 0.270 e. The molecule has 3 rings (SSSR count). The zero-order valence-electron chi connectivity index (χ0n) is 14.4. The van der Waals surface area contributed by atoms with E-state index in [4.69, 9.17) is 0 Å². The predicted octanol–water partition coefficient (Wildman–Crippen LogP) is 4.54. The van der Waals surface area contributed by atoms with E-state index in [-0.39, 0.29) is 11.4 Å². The largest absolute Gasteiger partial charge is 0.340 e. The molecule has 0 saturated carbocycles. The number of nitro benzene ring substituents is 1. The molecule has 7 heteroatoms. The Morgan fingerprint density at radius 1 is 1.12 bits per heavy atom. The Labute approximate surface area is 149 Å². The van der Waals surface area contributed by atoms with Crippen LogP contribution in [0.3, 0.4) is 0 Å². The third-order valence-corrected chi connectivity index (χ3v) is 4.39. The number of nitro groups is 2. The van der Waals surface area contributed by atoms with Crippen molar-refractivity contribution in [2.75, 3.05) is 0 Å². The van der Waals surface area contributed by atoms with E-state index in [2.05, 4.69) is 0 Å². The fourth-order valence-electron chi connectivity index (χ4n) is 3.02. The summed E-state index contributed by atoms with van der Waals surface area (Å²) < 4.78 is 2.02.